The molecular formula is C15H22N2O3S. The maximum Gasteiger partial charge on any atom is 0.241 e. The van der Waals surface area contributed by atoms with E-state index in [0.29, 0.717) is 13.0 Å². The number of rotatable bonds is 3. The molecule has 1 aromatic carbocycles. The highest BCUT2D eigenvalue weighted by Crippen LogP contribution is 2.29. The van der Waals surface area contributed by atoms with Crippen LogP contribution in [-0.2, 0) is 20.2 Å². The number of nitrogens with zero attached hydrogens (tertiary/aromatic N) is 1. The molecule has 1 aliphatic rings. The van der Waals surface area contributed by atoms with Gasteiger partial charge in [0.05, 0.1) is 4.90 Å². The van der Waals surface area contributed by atoms with Crippen LogP contribution >= 0.6 is 0 Å². The van der Waals surface area contributed by atoms with Gasteiger partial charge in [-0.2, -0.15) is 4.72 Å². The summed E-state index contributed by atoms with van der Waals surface area (Å²) in [6.45, 7) is 6.48. The van der Waals surface area contributed by atoms with Gasteiger partial charge in [0.25, 0.3) is 0 Å². The summed E-state index contributed by atoms with van der Waals surface area (Å²) in [4.78, 5) is 13.7. The van der Waals surface area contributed by atoms with Crippen LogP contribution in [0.4, 0.5) is 0 Å². The number of benzene rings is 1. The Morgan fingerprint density at radius 3 is 2.38 bits per heavy atom. The number of hydrogen-bond acceptors (Lipinski definition) is 3. The number of likely N-dealkylation sites (N-methyl/N-ethyl adjacent to an activating group) is 1. The first-order valence-electron chi connectivity index (χ1n) is 7.00. The number of carbonyl (C=O) groups is 1. The molecule has 1 aliphatic heterocycles. The van der Waals surface area contributed by atoms with Crippen LogP contribution < -0.4 is 4.72 Å². The zero-order valence-corrected chi connectivity index (χ0v) is 13.7. The minimum absolute atomic E-state index is 0.174. The van der Waals surface area contributed by atoms with Crippen molar-refractivity contribution in [2.24, 2.45) is 0 Å². The molecule has 1 unspecified atom stereocenters. The predicted octanol–water partition coefficient (Wildman–Crippen LogP) is 1.49. The molecule has 1 atom stereocenters. The van der Waals surface area contributed by atoms with Gasteiger partial charge in [0.2, 0.25) is 15.9 Å². The lowest BCUT2D eigenvalue weighted by molar-refractivity contribution is -0.127. The maximum absolute atomic E-state index is 12.6. The number of amides is 1. The highest BCUT2D eigenvalue weighted by Gasteiger charge is 2.34. The van der Waals surface area contributed by atoms with E-state index in [-0.39, 0.29) is 16.2 Å². The average molecular weight is 310 g/mol. The minimum atomic E-state index is -3.71. The van der Waals surface area contributed by atoms with Crippen LogP contribution in [0.2, 0.25) is 0 Å². The molecule has 2 rings (SSSR count). The van der Waals surface area contributed by atoms with E-state index in [1.54, 1.807) is 24.1 Å². The topological polar surface area (TPSA) is 66.5 Å². The number of nitrogens with one attached hydrogen (secondary N) is 1. The monoisotopic (exact) mass is 310 g/mol. The molecule has 5 nitrogen and oxygen atoms in total. The van der Waals surface area contributed by atoms with Gasteiger partial charge in [-0.3, -0.25) is 4.79 Å². The summed E-state index contributed by atoms with van der Waals surface area (Å²) in [5.41, 5.74) is 0.457. The Hall–Kier alpha value is -1.40. The van der Waals surface area contributed by atoms with E-state index in [4.69, 9.17) is 0 Å². The summed E-state index contributed by atoms with van der Waals surface area (Å²) in [5.74, 6) is -0.174. The van der Waals surface area contributed by atoms with Gasteiger partial charge in [-0.15, -0.1) is 0 Å². The first-order chi connectivity index (χ1) is 9.63. The summed E-state index contributed by atoms with van der Waals surface area (Å²) in [7, 11) is -2.03. The van der Waals surface area contributed by atoms with Crippen LogP contribution in [0.5, 0.6) is 0 Å². The quantitative estimate of drug-likeness (QED) is 0.920. The van der Waals surface area contributed by atoms with E-state index in [1.807, 2.05) is 32.9 Å². The lowest BCUT2D eigenvalue weighted by Crippen LogP contribution is -2.41. The van der Waals surface area contributed by atoms with E-state index in [2.05, 4.69) is 4.72 Å². The van der Waals surface area contributed by atoms with Crippen molar-refractivity contribution in [1.29, 1.82) is 0 Å². The standard InChI is InChI=1S/C15H22N2O3S/c1-15(2,3)11-7-5-6-8-13(11)21(19,20)16-12-9-10-17(4)14(12)18/h5-8,12,16H,9-10H2,1-4H3. The van der Waals surface area contributed by atoms with Crippen molar-refractivity contribution in [1.82, 2.24) is 9.62 Å². The molecule has 1 saturated heterocycles. The van der Waals surface area contributed by atoms with Gasteiger partial charge in [-0.1, -0.05) is 39.0 Å². The fourth-order valence-electron chi connectivity index (χ4n) is 2.50. The largest absolute Gasteiger partial charge is 0.344 e. The van der Waals surface area contributed by atoms with Gasteiger partial charge in [0.1, 0.15) is 6.04 Å². The molecule has 6 heteroatoms. The Bertz CT molecular complexity index is 647. The molecule has 1 aromatic rings. The fourth-order valence-corrected chi connectivity index (χ4v) is 4.14. The molecule has 0 radical (unpaired) electrons. The zero-order valence-electron chi connectivity index (χ0n) is 12.9. The molecule has 21 heavy (non-hydrogen) atoms. The van der Waals surface area contributed by atoms with E-state index >= 15 is 0 Å². The van der Waals surface area contributed by atoms with E-state index in [0.717, 1.165) is 5.56 Å². The fraction of sp³-hybridized carbons (Fsp3) is 0.533. The van der Waals surface area contributed by atoms with Crippen LogP contribution in [-0.4, -0.2) is 38.9 Å². The van der Waals surface area contributed by atoms with Crippen molar-refractivity contribution >= 4 is 15.9 Å². The van der Waals surface area contributed by atoms with Crippen molar-refractivity contribution < 1.29 is 13.2 Å². The maximum atomic E-state index is 12.6. The molecule has 0 aliphatic carbocycles. The number of carbonyl (C=O) groups excluding carboxylic acids is 1. The zero-order chi connectivity index (χ0) is 15.8. The summed E-state index contributed by atoms with van der Waals surface area (Å²) < 4.78 is 27.8. The molecule has 116 valence electrons. The lowest BCUT2D eigenvalue weighted by atomic mass is 9.87. The van der Waals surface area contributed by atoms with Gasteiger partial charge in [0.15, 0.2) is 0 Å². The second-order valence-corrected chi connectivity index (χ2v) is 8.15. The Labute approximate surface area is 126 Å². The van der Waals surface area contributed by atoms with Gasteiger partial charge in [-0.05, 0) is 23.5 Å². The SMILES string of the molecule is CN1CCC(NS(=O)(=O)c2ccccc2C(C)(C)C)C1=O. The Morgan fingerprint density at radius 1 is 1.24 bits per heavy atom. The van der Waals surface area contributed by atoms with Gasteiger partial charge in [-0.25, -0.2) is 8.42 Å². The molecule has 1 amide bonds. The molecule has 0 saturated carbocycles. The van der Waals surface area contributed by atoms with E-state index < -0.39 is 16.1 Å². The first-order valence-corrected chi connectivity index (χ1v) is 8.48. The second-order valence-electron chi connectivity index (χ2n) is 6.47. The smallest absolute Gasteiger partial charge is 0.241 e. The third kappa shape index (κ3) is 3.27. The molecule has 0 spiro atoms. The lowest BCUT2D eigenvalue weighted by Gasteiger charge is -2.23. The second kappa shape index (κ2) is 5.42. The Balaban J connectivity index is 2.35. The Kier molecular flexibility index (Phi) is 4.13. The summed E-state index contributed by atoms with van der Waals surface area (Å²) in [6.07, 6.45) is 0.506. The highest BCUT2D eigenvalue weighted by molar-refractivity contribution is 7.89. The Morgan fingerprint density at radius 2 is 1.86 bits per heavy atom. The van der Waals surface area contributed by atoms with E-state index in [9.17, 15) is 13.2 Å². The van der Waals surface area contributed by atoms with Crippen LogP contribution in [0.25, 0.3) is 0 Å². The van der Waals surface area contributed by atoms with Gasteiger partial charge >= 0.3 is 0 Å². The molecule has 1 N–H and O–H groups in total. The van der Waals surface area contributed by atoms with Gasteiger partial charge in [0, 0.05) is 13.6 Å². The number of likely N-dealkylation sites (tertiary alicyclic amines) is 1. The predicted molar refractivity (Wildman–Crippen MR) is 81.5 cm³/mol. The molecular weight excluding hydrogens is 288 g/mol. The van der Waals surface area contributed by atoms with Crippen LogP contribution in [0.15, 0.2) is 29.2 Å². The van der Waals surface area contributed by atoms with Crippen LogP contribution in [0.1, 0.15) is 32.8 Å². The highest BCUT2D eigenvalue weighted by atomic mass is 32.2. The first kappa shape index (κ1) is 16.0. The number of sulfonamides is 1. The van der Waals surface area contributed by atoms with E-state index in [1.165, 1.54) is 0 Å². The summed E-state index contributed by atoms with van der Waals surface area (Å²) >= 11 is 0. The normalized spacial score (nSPS) is 20.1. The summed E-state index contributed by atoms with van der Waals surface area (Å²) in [5, 5.41) is 0. The van der Waals surface area contributed by atoms with Crippen molar-refractivity contribution in [2.45, 2.75) is 43.5 Å². The average Bonchev–Trinajstić information content (AvgIpc) is 2.69. The summed E-state index contributed by atoms with van der Waals surface area (Å²) in [6, 6.07) is 6.28. The molecule has 1 fully saturated rings. The minimum Gasteiger partial charge on any atom is -0.344 e. The molecule has 1 heterocycles. The van der Waals surface area contributed by atoms with Crippen molar-refractivity contribution in [3.8, 4) is 0 Å². The third-order valence-corrected chi connectivity index (χ3v) is 5.24. The number of hydrogen-bond donors (Lipinski definition) is 1. The molecule has 0 bridgehead atoms. The van der Waals surface area contributed by atoms with Crippen LogP contribution in [0.3, 0.4) is 0 Å². The van der Waals surface area contributed by atoms with Crippen molar-refractivity contribution in [3.63, 3.8) is 0 Å². The van der Waals surface area contributed by atoms with Crippen LogP contribution in [0, 0.1) is 0 Å². The molecule has 0 aromatic heterocycles. The van der Waals surface area contributed by atoms with Gasteiger partial charge < -0.3 is 4.90 Å². The third-order valence-electron chi connectivity index (χ3n) is 3.71. The van der Waals surface area contributed by atoms with Crippen molar-refractivity contribution in [3.05, 3.63) is 29.8 Å². The van der Waals surface area contributed by atoms with Crippen molar-refractivity contribution in [2.75, 3.05) is 13.6 Å².